The highest BCUT2D eigenvalue weighted by atomic mass is 16.5. The SMILES string of the molecule is CNC(=O)C(C(=NO)OC)C(C)C. The maximum atomic E-state index is 11.3. The Morgan fingerprint density at radius 2 is 2.08 bits per heavy atom. The van der Waals surface area contributed by atoms with Crippen LogP contribution in [0.1, 0.15) is 13.8 Å². The van der Waals surface area contributed by atoms with Crippen LogP contribution in [0.5, 0.6) is 0 Å². The van der Waals surface area contributed by atoms with E-state index in [9.17, 15) is 4.79 Å². The van der Waals surface area contributed by atoms with E-state index in [1.165, 1.54) is 14.2 Å². The van der Waals surface area contributed by atoms with Crippen molar-refractivity contribution in [2.45, 2.75) is 13.8 Å². The lowest BCUT2D eigenvalue weighted by molar-refractivity contribution is -0.124. The first-order valence-electron chi connectivity index (χ1n) is 4.06. The quantitative estimate of drug-likeness (QED) is 0.292. The molecule has 0 aliphatic carbocycles. The molecule has 1 atom stereocenters. The van der Waals surface area contributed by atoms with Crippen LogP contribution in [0.15, 0.2) is 5.16 Å². The molecule has 0 radical (unpaired) electrons. The number of nitrogens with one attached hydrogen (secondary N) is 1. The summed E-state index contributed by atoms with van der Waals surface area (Å²) in [6, 6.07) is 0. The lowest BCUT2D eigenvalue weighted by Gasteiger charge is -2.18. The lowest BCUT2D eigenvalue weighted by Crippen LogP contribution is -2.37. The van der Waals surface area contributed by atoms with Crippen molar-refractivity contribution in [1.82, 2.24) is 5.32 Å². The molecule has 0 aromatic heterocycles. The molecular formula is C8H16N2O3. The van der Waals surface area contributed by atoms with Gasteiger partial charge in [-0.05, 0) is 5.92 Å². The molecule has 0 heterocycles. The van der Waals surface area contributed by atoms with E-state index in [4.69, 9.17) is 9.94 Å². The third kappa shape index (κ3) is 2.93. The van der Waals surface area contributed by atoms with Gasteiger partial charge in [0, 0.05) is 7.05 Å². The van der Waals surface area contributed by atoms with E-state index < -0.39 is 5.92 Å². The summed E-state index contributed by atoms with van der Waals surface area (Å²) < 4.78 is 4.79. The first-order chi connectivity index (χ1) is 6.08. The Kier molecular flexibility index (Phi) is 4.87. The van der Waals surface area contributed by atoms with Gasteiger partial charge in [0.15, 0.2) is 0 Å². The second-order valence-electron chi connectivity index (χ2n) is 2.98. The van der Waals surface area contributed by atoms with Gasteiger partial charge in [0.2, 0.25) is 11.8 Å². The number of amides is 1. The van der Waals surface area contributed by atoms with Crippen LogP contribution in [0.2, 0.25) is 0 Å². The number of hydrogen-bond donors (Lipinski definition) is 2. The van der Waals surface area contributed by atoms with Crippen LogP contribution in [-0.4, -0.2) is 31.2 Å². The first kappa shape index (κ1) is 11.7. The van der Waals surface area contributed by atoms with Gasteiger partial charge in [0.05, 0.1) is 7.11 Å². The smallest absolute Gasteiger partial charge is 0.238 e. The van der Waals surface area contributed by atoms with Crippen molar-refractivity contribution in [1.29, 1.82) is 0 Å². The highest BCUT2D eigenvalue weighted by Crippen LogP contribution is 2.13. The standard InChI is InChI=1S/C8H16N2O3/c1-5(2)6(7(11)9-3)8(10-12)13-4/h5-6,12H,1-4H3,(H,9,11). The molecule has 5 heteroatoms. The number of rotatable bonds is 3. The molecule has 0 aromatic rings. The molecule has 1 amide bonds. The summed E-state index contributed by atoms with van der Waals surface area (Å²) >= 11 is 0. The Morgan fingerprint density at radius 1 is 1.54 bits per heavy atom. The van der Waals surface area contributed by atoms with Gasteiger partial charge < -0.3 is 15.3 Å². The summed E-state index contributed by atoms with van der Waals surface area (Å²) in [7, 11) is 2.90. The van der Waals surface area contributed by atoms with E-state index in [0.717, 1.165) is 0 Å². The van der Waals surface area contributed by atoms with Crippen molar-refractivity contribution >= 4 is 11.8 Å². The van der Waals surface area contributed by atoms with Crippen LogP contribution in [-0.2, 0) is 9.53 Å². The minimum atomic E-state index is -0.542. The topological polar surface area (TPSA) is 70.9 Å². The van der Waals surface area contributed by atoms with Gasteiger partial charge in [-0.3, -0.25) is 4.79 Å². The molecule has 13 heavy (non-hydrogen) atoms. The Hall–Kier alpha value is -1.26. The number of ether oxygens (including phenoxy) is 1. The van der Waals surface area contributed by atoms with Gasteiger partial charge in [-0.15, -0.1) is 0 Å². The Bertz CT molecular complexity index is 202. The fourth-order valence-corrected chi connectivity index (χ4v) is 1.09. The third-order valence-corrected chi connectivity index (χ3v) is 1.77. The van der Waals surface area contributed by atoms with Crippen LogP contribution in [0.4, 0.5) is 0 Å². The Balaban J connectivity index is 4.69. The molecule has 0 aliphatic rings. The monoisotopic (exact) mass is 188 g/mol. The molecule has 1 unspecified atom stereocenters. The van der Waals surface area contributed by atoms with Crippen LogP contribution in [0.25, 0.3) is 0 Å². The second kappa shape index (κ2) is 5.40. The molecule has 2 N–H and O–H groups in total. The van der Waals surface area contributed by atoms with Crippen LogP contribution < -0.4 is 5.32 Å². The minimum Gasteiger partial charge on any atom is -0.481 e. The molecule has 0 rings (SSSR count). The van der Waals surface area contributed by atoms with E-state index >= 15 is 0 Å². The average molecular weight is 188 g/mol. The van der Waals surface area contributed by atoms with Crippen molar-refractivity contribution in [3.63, 3.8) is 0 Å². The fraction of sp³-hybridized carbons (Fsp3) is 0.750. The van der Waals surface area contributed by atoms with Gasteiger partial charge in [-0.2, -0.15) is 0 Å². The number of carbonyl (C=O) groups is 1. The predicted octanol–water partition coefficient (Wildman–Crippen LogP) is 0.439. The normalized spacial score (nSPS) is 14.1. The summed E-state index contributed by atoms with van der Waals surface area (Å²) in [6.07, 6.45) is 0. The van der Waals surface area contributed by atoms with E-state index in [0.29, 0.717) is 0 Å². The van der Waals surface area contributed by atoms with Gasteiger partial charge >= 0.3 is 0 Å². The van der Waals surface area contributed by atoms with Crippen molar-refractivity contribution in [3.8, 4) is 0 Å². The summed E-state index contributed by atoms with van der Waals surface area (Å²) in [5.41, 5.74) is 0. The number of oxime groups is 1. The highest BCUT2D eigenvalue weighted by Gasteiger charge is 2.28. The first-order valence-corrected chi connectivity index (χ1v) is 4.06. The Morgan fingerprint density at radius 3 is 2.31 bits per heavy atom. The summed E-state index contributed by atoms with van der Waals surface area (Å²) in [5.74, 6) is -0.704. The largest absolute Gasteiger partial charge is 0.481 e. The molecule has 5 nitrogen and oxygen atoms in total. The average Bonchev–Trinajstić information content (AvgIpc) is 2.12. The van der Waals surface area contributed by atoms with Crippen molar-refractivity contribution in [3.05, 3.63) is 0 Å². The number of nitrogens with zero attached hydrogens (tertiary/aromatic N) is 1. The fourth-order valence-electron chi connectivity index (χ4n) is 1.09. The zero-order valence-electron chi connectivity index (χ0n) is 8.37. The minimum absolute atomic E-state index is 0.0193. The third-order valence-electron chi connectivity index (χ3n) is 1.77. The van der Waals surface area contributed by atoms with Gasteiger partial charge in [-0.25, -0.2) is 0 Å². The number of hydrogen-bond acceptors (Lipinski definition) is 4. The summed E-state index contributed by atoms with van der Waals surface area (Å²) in [6.45, 7) is 3.70. The molecule has 0 saturated carbocycles. The van der Waals surface area contributed by atoms with Crippen LogP contribution in [0.3, 0.4) is 0 Å². The van der Waals surface area contributed by atoms with Crippen molar-refractivity contribution in [2.75, 3.05) is 14.2 Å². The molecule has 76 valence electrons. The second-order valence-corrected chi connectivity index (χ2v) is 2.98. The van der Waals surface area contributed by atoms with Gasteiger partial charge in [-0.1, -0.05) is 19.0 Å². The van der Waals surface area contributed by atoms with Crippen LogP contribution in [0, 0.1) is 11.8 Å². The van der Waals surface area contributed by atoms with Gasteiger partial charge in [0.1, 0.15) is 5.92 Å². The zero-order valence-corrected chi connectivity index (χ0v) is 8.37. The van der Waals surface area contributed by atoms with E-state index in [-0.39, 0.29) is 17.7 Å². The lowest BCUT2D eigenvalue weighted by atomic mass is 9.95. The van der Waals surface area contributed by atoms with Gasteiger partial charge in [0.25, 0.3) is 0 Å². The highest BCUT2D eigenvalue weighted by molar-refractivity contribution is 6.00. The van der Waals surface area contributed by atoms with Crippen molar-refractivity contribution in [2.24, 2.45) is 17.0 Å². The molecule has 0 aromatic carbocycles. The van der Waals surface area contributed by atoms with E-state index in [2.05, 4.69) is 10.5 Å². The maximum Gasteiger partial charge on any atom is 0.238 e. The van der Waals surface area contributed by atoms with Crippen molar-refractivity contribution < 1.29 is 14.7 Å². The predicted molar refractivity (Wildman–Crippen MR) is 48.6 cm³/mol. The molecule has 0 fully saturated rings. The maximum absolute atomic E-state index is 11.3. The molecule has 0 aliphatic heterocycles. The van der Waals surface area contributed by atoms with Crippen LogP contribution >= 0.6 is 0 Å². The molecule has 0 bridgehead atoms. The summed E-state index contributed by atoms with van der Waals surface area (Å²) in [4.78, 5) is 11.3. The molecule has 0 spiro atoms. The number of carbonyl (C=O) groups excluding carboxylic acids is 1. The number of methoxy groups -OCH3 is 1. The summed E-state index contributed by atoms with van der Waals surface area (Å²) in [5, 5.41) is 14.0. The van der Waals surface area contributed by atoms with E-state index in [1.807, 2.05) is 13.8 Å². The zero-order chi connectivity index (χ0) is 10.4. The molecule has 0 saturated heterocycles. The van der Waals surface area contributed by atoms with E-state index in [1.54, 1.807) is 0 Å². The Labute approximate surface area is 77.8 Å². The molecular weight excluding hydrogens is 172 g/mol.